The van der Waals surface area contributed by atoms with Crippen molar-refractivity contribution < 1.29 is 4.39 Å². The van der Waals surface area contributed by atoms with E-state index in [0.29, 0.717) is 30.2 Å². The van der Waals surface area contributed by atoms with E-state index in [0.717, 1.165) is 17.0 Å². The third kappa shape index (κ3) is 3.87. The highest BCUT2D eigenvalue weighted by molar-refractivity contribution is 6.31. The summed E-state index contributed by atoms with van der Waals surface area (Å²) < 4.78 is 19.9. The van der Waals surface area contributed by atoms with Gasteiger partial charge in [0.25, 0.3) is 0 Å². The lowest BCUT2D eigenvalue weighted by Gasteiger charge is -2.10. The minimum atomic E-state index is -0.469. The SMILES string of the molecule is CC(NCc1ncn2ccc(Cl)c(F)c12)c1cn(Cc2cn3cc(C4CC4)ccc3n2)nn1. The van der Waals surface area contributed by atoms with Crippen LogP contribution in [-0.4, -0.2) is 33.8 Å². The van der Waals surface area contributed by atoms with Crippen LogP contribution in [0.2, 0.25) is 5.02 Å². The maximum Gasteiger partial charge on any atom is 0.167 e. The Hall–Kier alpha value is -3.30. The molecule has 8 nitrogen and oxygen atoms in total. The minimum Gasteiger partial charge on any atom is -0.306 e. The molecule has 33 heavy (non-hydrogen) atoms. The predicted molar refractivity (Wildman–Crippen MR) is 122 cm³/mol. The Morgan fingerprint density at radius 3 is 2.91 bits per heavy atom. The lowest BCUT2D eigenvalue weighted by atomic mass is 10.2. The molecule has 1 aliphatic carbocycles. The van der Waals surface area contributed by atoms with Crippen LogP contribution in [0.3, 0.4) is 0 Å². The van der Waals surface area contributed by atoms with E-state index in [-0.39, 0.29) is 11.1 Å². The molecule has 0 aromatic carbocycles. The molecule has 6 rings (SSSR count). The summed E-state index contributed by atoms with van der Waals surface area (Å²) in [5.41, 5.74) is 4.99. The molecule has 1 fully saturated rings. The van der Waals surface area contributed by atoms with Crippen molar-refractivity contribution in [3.63, 3.8) is 0 Å². The van der Waals surface area contributed by atoms with Gasteiger partial charge in [0.05, 0.1) is 47.2 Å². The second kappa shape index (κ2) is 7.93. The smallest absolute Gasteiger partial charge is 0.167 e. The van der Waals surface area contributed by atoms with Crippen LogP contribution < -0.4 is 5.32 Å². The third-order valence-electron chi connectivity index (χ3n) is 6.14. The molecular formula is C23H22ClFN8. The van der Waals surface area contributed by atoms with Crippen LogP contribution in [0.4, 0.5) is 4.39 Å². The number of hydrogen-bond donors (Lipinski definition) is 1. The van der Waals surface area contributed by atoms with Crippen LogP contribution in [0.15, 0.2) is 49.3 Å². The Morgan fingerprint density at radius 2 is 2.06 bits per heavy atom. The largest absolute Gasteiger partial charge is 0.306 e. The van der Waals surface area contributed by atoms with E-state index >= 15 is 0 Å². The predicted octanol–water partition coefficient (Wildman–Crippen LogP) is 4.14. The second-order valence-corrected chi connectivity index (χ2v) is 9.01. The highest BCUT2D eigenvalue weighted by Gasteiger charge is 2.23. The Labute approximate surface area is 194 Å². The van der Waals surface area contributed by atoms with Crippen molar-refractivity contribution in [2.75, 3.05) is 0 Å². The van der Waals surface area contributed by atoms with Gasteiger partial charge < -0.3 is 14.1 Å². The van der Waals surface area contributed by atoms with Gasteiger partial charge in [-0.15, -0.1) is 5.10 Å². The van der Waals surface area contributed by atoms with E-state index in [2.05, 4.69) is 43.3 Å². The van der Waals surface area contributed by atoms with Gasteiger partial charge in [-0.1, -0.05) is 22.9 Å². The molecule has 5 heterocycles. The molecule has 10 heteroatoms. The lowest BCUT2D eigenvalue weighted by Crippen LogP contribution is -2.19. The first-order valence-corrected chi connectivity index (χ1v) is 11.3. The molecule has 0 aliphatic heterocycles. The number of pyridine rings is 2. The number of rotatable bonds is 7. The van der Waals surface area contributed by atoms with Gasteiger partial charge >= 0.3 is 0 Å². The molecule has 0 amide bonds. The van der Waals surface area contributed by atoms with Crippen molar-refractivity contribution in [1.82, 2.24) is 39.1 Å². The Kier molecular flexibility index (Phi) is 4.88. The van der Waals surface area contributed by atoms with Crippen molar-refractivity contribution in [3.8, 4) is 0 Å². The Bertz CT molecular complexity index is 1460. The van der Waals surface area contributed by atoms with Crippen LogP contribution in [0.5, 0.6) is 0 Å². The zero-order valence-corrected chi connectivity index (χ0v) is 18.7. The van der Waals surface area contributed by atoms with Crippen LogP contribution >= 0.6 is 11.6 Å². The molecule has 0 spiro atoms. The molecule has 1 N–H and O–H groups in total. The third-order valence-corrected chi connectivity index (χ3v) is 6.43. The summed E-state index contributed by atoms with van der Waals surface area (Å²) in [6.07, 6.45) is 12.0. The zero-order chi connectivity index (χ0) is 22.5. The minimum absolute atomic E-state index is 0.0796. The fourth-order valence-corrected chi connectivity index (χ4v) is 4.27. The number of hydrogen-bond acceptors (Lipinski definition) is 5. The molecule has 1 aliphatic rings. The quantitative estimate of drug-likeness (QED) is 0.391. The van der Waals surface area contributed by atoms with E-state index in [1.807, 2.05) is 19.3 Å². The van der Waals surface area contributed by atoms with Gasteiger partial charge in [-0.2, -0.15) is 0 Å². The van der Waals surface area contributed by atoms with Crippen LogP contribution in [0.1, 0.15) is 54.4 Å². The Balaban J connectivity index is 1.14. The molecule has 1 atom stereocenters. The van der Waals surface area contributed by atoms with Gasteiger partial charge in [0.15, 0.2) is 5.82 Å². The highest BCUT2D eigenvalue weighted by Crippen LogP contribution is 2.39. The van der Waals surface area contributed by atoms with Crippen molar-refractivity contribution in [2.24, 2.45) is 0 Å². The lowest BCUT2D eigenvalue weighted by molar-refractivity contribution is 0.554. The molecule has 168 valence electrons. The van der Waals surface area contributed by atoms with Gasteiger partial charge in [0.2, 0.25) is 0 Å². The van der Waals surface area contributed by atoms with E-state index in [1.54, 1.807) is 21.6 Å². The maximum absolute atomic E-state index is 14.4. The molecule has 0 bridgehead atoms. The molecular weight excluding hydrogens is 443 g/mol. The summed E-state index contributed by atoms with van der Waals surface area (Å²) in [7, 11) is 0. The molecule has 1 saturated carbocycles. The topological polar surface area (TPSA) is 77.3 Å². The average molecular weight is 465 g/mol. The maximum atomic E-state index is 14.4. The number of nitrogens with one attached hydrogen (secondary N) is 1. The summed E-state index contributed by atoms with van der Waals surface area (Å²) in [5, 5.41) is 12.0. The first-order valence-electron chi connectivity index (χ1n) is 11.0. The van der Waals surface area contributed by atoms with Gasteiger partial charge in [0.1, 0.15) is 11.2 Å². The highest BCUT2D eigenvalue weighted by atomic mass is 35.5. The fourth-order valence-electron chi connectivity index (χ4n) is 4.12. The standard InChI is InChI=1S/C23H22ClFN8/c1-14(26-8-19-23-22(25)18(24)6-7-31(23)13-27-19)20-12-33(30-29-20)11-17-10-32-9-16(15-2-3-15)4-5-21(32)28-17/h4-7,9-10,12-15,26H,2-3,8,11H2,1H3. The van der Waals surface area contributed by atoms with Gasteiger partial charge in [-0.3, -0.25) is 0 Å². The number of nitrogens with zero attached hydrogens (tertiary/aromatic N) is 7. The van der Waals surface area contributed by atoms with Gasteiger partial charge in [-0.25, -0.2) is 19.0 Å². The summed E-state index contributed by atoms with van der Waals surface area (Å²) in [6.45, 7) is 2.90. The molecule has 5 aromatic heterocycles. The summed E-state index contributed by atoms with van der Waals surface area (Å²) in [5.74, 6) is 0.240. The monoisotopic (exact) mass is 464 g/mol. The van der Waals surface area contributed by atoms with Crippen molar-refractivity contribution in [2.45, 2.75) is 44.8 Å². The van der Waals surface area contributed by atoms with Crippen molar-refractivity contribution in [1.29, 1.82) is 0 Å². The molecule has 5 aromatic rings. The summed E-state index contributed by atoms with van der Waals surface area (Å²) in [6, 6.07) is 5.66. The van der Waals surface area contributed by atoms with Crippen LogP contribution in [0, 0.1) is 5.82 Å². The fraction of sp³-hybridized carbons (Fsp3) is 0.304. The first kappa shape index (κ1) is 20.3. The first-order chi connectivity index (χ1) is 16.0. The molecule has 0 radical (unpaired) electrons. The van der Waals surface area contributed by atoms with Gasteiger partial charge in [-0.05, 0) is 43.4 Å². The zero-order valence-electron chi connectivity index (χ0n) is 18.0. The average Bonchev–Trinajstić information content (AvgIpc) is 3.23. The van der Waals surface area contributed by atoms with Crippen LogP contribution in [0.25, 0.3) is 11.2 Å². The normalized spacial score (nSPS) is 15.0. The van der Waals surface area contributed by atoms with E-state index < -0.39 is 5.82 Å². The van der Waals surface area contributed by atoms with E-state index in [9.17, 15) is 4.39 Å². The number of aromatic nitrogens is 7. The molecule has 0 saturated heterocycles. The molecule has 1 unspecified atom stereocenters. The van der Waals surface area contributed by atoms with E-state index in [4.69, 9.17) is 16.6 Å². The van der Waals surface area contributed by atoms with Crippen molar-refractivity contribution >= 4 is 22.8 Å². The van der Waals surface area contributed by atoms with Crippen molar-refractivity contribution in [3.05, 3.63) is 82.8 Å². The summed E-state index contributed by atoms with van der Waals surface area (Å²) in [4.78, 5) is 9.01. The number of fused-ring (bicyclic) bond motifs is 2. The number of halogens is 2. The van der Waals surface area contributed by atoms with Gasteiger partial charge in [0, 0.05) is 25.1 Å². The summed E-state index contributed by atoms with van der Waals surface area (Å²) >= 11 is 5.93. The number of imidazole rings is 2. The van der Waals surface area contributed by atoms with E-state index in [1.165, 1.54) is 24.5 Å². The second-order valence-electron chi connectivity index (χ2n) is 8.60. The Morgan fingerprint density at radius 1 is 1.18 bits per heavy atom. The van der Waals surface area contributed by atoms with Crippen LogP contribution in [-0.2, 0) is 13.1 Å².